The van der Waals surface area contributed by atoms with Gasteiger partial charge < -0.3 is 9.47 Å². The van der Waals surface area contributed by atoms with Crippen molar-refractivity contribution in [2.75, 3.05) is 4.90 Å². The van der Waals surface area contributed by atoms with Crippen LogP contribution >= 0.6 is 0 Å². The molecule has 3 heteroatoms. The fraction of sp³-hybridized carbons (Fsp3) is 0.273. The van der Waals surface area contributed by atoms with Crippen molar-refractivity contribution in [1.82, 2.24) is 4.57 Å². The highest BCUT2D eigenvalue weighted by molar-refractivity contribution is 7.00. The molecule has 1 saturated carbocycles. The molecule has 4 heterocycles. The summed E-state index contributed by atoms with van der Waals surface area (Å²) in [6.45, 7) is 7.68. The van der Waals surface area contributed by atoms with Crippen LogP contribution in [0.2, 0.25) is 0 Å². The Bertz CT molecular complexity index is 1810. The van der Waals surface area contributed by atoms with Crippen molar-refractivity contribution in [3.8, 4) is 5.69 Å². The van der Waals surface area contributed by atoms with Gasteiger partial charge in [0.15, 0.2) is 0 Å². The third kappa shape index (κ3) is 1.93. The predicted molar refractivity (Wildman–Crippen MR) is 153 cm³/mol. The summed E-state index contributed by atoms with van der Waals surface area (Å²) in [7, 11) is 0. The van der Waals surface area contributed by atoms with Crippen LogP contribution in [0.1, 0.15) is 50.7 Å². The molecule has 0 spiro atoms. The van der Waals surface area contributed by atoms with E-state index in [2.05, 4.69) is 103 Å². The molecule has 4 aliphatic rings. The second-order valence-corrected chi connectivity index (χ2v) is 12.1. The van der Waals surface area contributed by atoms with Gasteiger partial charge in [-0.05, 0) is 72.4 Å². The standard InChI is InChI=1S/C33H29BN2/c1-20-18-27-29-28(19-20)36-31-23(32(2)16-6-7-17-33(32,36)3)12-9-14-25(31)34(29)24-13-8-11-22-21-10-4-5-15-26(21)35(27)30(22)24/h4-5,8-15,18-19H,6-7,16-17H2,1-3H3. The predicted octanol–water partition coefficient (Wildman–Crippen LogP) is 5.98. The van der Waals surface area contributed by atoms with E-state index in [0.29, 0.717) is 0 Å². The minimum absolute atomic E-state index is 0.0985. The second kappa shape index (κ2) is 6.09. The van der Waals surface area contributed by atoms with Gasteiger partial charge in [-0.3, -0.25) is 0 Å². The van der Waals surface area contributed by atoms with Crippen LogP contribution in [0.25, 0.3) is 27.5 Å². The third-order valence-electron chi connectivity index (χ3n) is 10.6. The van der Waals surface area contributed by atoms with E-state index in [9.17, 15) is 0 Å². The monoisotopic (exact) mass is 464 g/mol. The van der Waals surface area contributed by atoms with Crippen molar-refractivity contribution < 1.29 is 0 Å². The molecule has 2 nitrogen and oxygen atoms in total. The van der Waals surface area contributed by atoms with Crippen LogP contribution in [-0.2, 0) is 5.41 Å². The number of para-hydroxylation sites is 3. The normalized spacial score (nSPS) is 24.8. The number of anilines is 2. The minimum atomic E-state index is 0.0985. The van der Waals surface area contributed by atoms with Crippen LogP contribution in [-0.4, -0.2) is 16.8 Å². The summed E-state index contributed by atoms with van der Waals surface area (Å²) < 4.78 is 2.58. The van der Waals surface area contributed by atoms with E-state index in [4.69, 9.17) is 0 Å². The van der Waals surface area contributed by atoms with E-state index < -0.39 is 0 Å². The first-order chi connectivity index (χ1) is 17.5. The molecule has 0 radical (unpaired) electrons. The van der Waals surface area contributed by atoms with Gasteiger partial charge in [0.2, 0.25) is 0 Å². The average molecular weight is 464 g/mol. The van der Waals surface area contributed by atoms with Crippen molar-refractivity contribution in [1.29, 1.82) is 0 Å². The van der Waals surface area contributed by atoms with Crippen LogP contribution in [0, 0.1) is 6.92 Å². The highest BCUT2D eigenvalue weighted by Crippen LogP contribution is 2.61. The van der Waals surface area contributed by atoms with Gasteiger partial charge in [0, 0.05) is 38.8 Å². The van der Waals surface area contributed by atoms with Crippen molar-refractivity contribution >= 4 is 56.3 Å². The number of nitrogens with zero attached hydrogens (tertiary/aromatic N) is 2. The molecular weight excluding hydrogens is 435 g/mol. The van der Waals surface area contributed by atoms with Gasteiger partial charge in [-0.25, -0.2) is 0 Å². The van der Waals surface area contributed by atoms with E-state index in [-0.39, 0.29) is 17.7 Å². The van der Waals surface area contributed by atoms with Gasteiger partial charge in [0.05, 0.1) is 11.1 Å². The number of aryl methyl sites for hydroxylation is 1. The highest BCUT2D eigenvalue weighted by atomic mass is 15.3. The van der Waals surface area contributed by atoms with Gasteiger partial charge in [-0.2, -0.15) is 0 Å². The van der Waals surface area contributed by atoms with E-state index >= 15 is 0 Å². The van der Waals surface area contributed by atoms with E-state index in [1.54, 1.807) is 5.56 Å². The van der Waals surface area contributed by atoms with Crippen LogP contribution in [0.3, 0.4) is 0 Å². The number of hydrogen-bond acceptors (Lipinski definition) is 1. The molecule has 0 amide bonds. The lowest BCUT2D eigenvalue weighted by Crippen LogP contribution is -2.64. The van der Waals surface area contributed by atoms with Crippen LogP contribution < -0.4 is 21.3 Å². The molecule has 1 aromatic heterocycles. The fourth-order valence-corrected chi connectivity index (χ4v) is 8.83. The number of fused-ring (bicyclic) bond motifs is 10. The van der Waals surface area contributed by atoms with E-state index in [0.717, 1.165) is 0 Å². The van der Waals surface area contributed by atoms with Crippen molar-refractivity contribution in [2.45, 2.75) is 57.4 Å². The van der Waals surface area contributed by atoms with Crippen molar-refractivity contribution in [3.63, 3.8) is 0 Å². The van der Waals surface area contributed by atoms with Crippen molar-refractivity contribution in [3.05, 3.63) is 83.9 Å². The molecule has 2 unspecified atom stereocenters. The first kappa shape index (κ1) is 19.7. The minimum Gasteiger partial charge on any atom is -0.335 e. The number of hydrogen-bond donors (Lipinski definition) is 0. The van der Waals surface area contributed by atoms with Gasteiger partial charge in [-0.15, -0.1) is 0 Å². The Labute approximate surface area is 212 Å². The average Bonchev–Trinajstić information content (AvgIpc) is 3.33. The van der Waals surface area contributed by atoms with Gasteiger partial charge in [-0.1, -0.05) is 74.4 Å². The van der Waals surface area contributed by atoms with Gasteiger partial charge >= 0.3 is 0 Å². The number of aromatic nitrogens is 1. The third-order valence-corrected chi connectivity index (χ3v) is 10.6. The van der Waals surface area contributed by atoms with E-state index in [1.165, 1.54) is 86.5 Å². The molecular formula is C33H29BN2. The Kier molecular flexibility index (Phi) is 3.33. The summed E-state index contributed by atoms with van der Waals surface area (Å²) in [4.78, 5) is 2.82. The van der Waals surface area contributed by atoms with Crippen LogP contribution in [0.5, 0.6) is 0 Å². The molecule has 3 aliphatic heterocycles. The SMILES string of the molecule is Cc1cc2c3c(c1)-n1c4ccccc4c4cccc(c41)B3c1cccc3c1N2C1(C)CCCCC31C. The fourth-order valence-electron chi connectivity index (χ4n) is 8.83. The largest absolute Gasteiger partial charge is 0.335 e. The molecule has 174 valence electrons. The molecule has 1 aliphatic carbocycles. The summed E-state index contributed by atoms with van der Waals surface area (Å²) in [5.74, 6) is 0. The Balaban J connectivity index is 1.51. The first-order valence-corrected chi connectivity index (χ1v) is 13.6. The molecule has 36 heavy (non-hydrogen) atoms. The maximum Gasteiger partial charge on any atom is 0.252 e. The molecule has 9 rings (SSSR count). The molecule has 5 aromatic rings. The lowest BCUT2D eigenvalue weighted by molar-refractivity contribution is 0.195. The quantitative estimate of drug-likeness (QED) is 0.251. The van der Waals surface area contributed by atoms with Crippen LogP contribution in [0.4, 0.5) is 11.4 Å². The summed E-state index contributed by atoms with van der Waals surface area (Å²) in [6, 6.07) is 28.1. The molecule has 0 bridgehead atoms. The van der Waals surface area contributed by atoms with Gasteiger partial charge in [0.1, 0.15) is 0 Å². The first-order valence-electron chi connectivity index (χ1n) is 13.6. The smallest absolute Gasteiger partial charge is 0.252 e. The summed E-state index contributed by atoms with van der Waals surface area (Å²) >= 11 is 0. The highest BCUT2D eigenvalue weighted by Gasteiger charge is 2.60. The van der Waals surface area contributed by atoms with Crippen molar-refractivity contribution in [2.24, 2.45) is 0 Å². The number of rotatable bonds is 0. The van der Waals surface area contributed by atoms with E-state index in [1.807, 2.05) is 0 Å². The summed E-state index contributed by atoms with van der Waals surface area (Å²) in [6.07, 6.45) is 5.17. The zero-order valence-corrected chi connectivity index (χ0v) is 21.2. The second-order valence-electron chi connectivity index (χ2n) is 12.1. The Morgan fingerprint density at radius 1 is 0.778 bits per heavy atom. The Morgan fingerprint density at radius 2 is 1.53 bits per heavy atom. The maximum atomic E-state index is 2.82. The van der Waals surface area contributed by atoms with Gasteiger partial charge in [0.25, 0.3) is 6.71 Å². The Hall–Kier alpha value is -3.46. The molecule has 0 N–H and O–H groups in total. The zero-order valence-electron chi connectivity index (χ0n) is 21.2. The molecule has 2 atom stereocenters. The zero-order chi connectivity index (χ0) is 24.0. The molecule has 1 fully saturated rings. The van der Waals surface area contributed by atoms with Crippen LogP contribution in [0.15, 0.2) is 72.8 Å². The topological polar surface area (TPSA) is 8.17 Å². The lowest BCUT2D eigenvalue weighted by atomic mass is 9.33. The number of benzene rings is 4. The summed E-state index contributed by atoms with van der Waals surface area (Å²) in [5.41, 5.74) is 14.7. The maximum absolute atomic E-state index is 2.82. The summed E-state index contributed by atoms with van der Waals surface area (Å²) in [5, 5.41) is 2.73. The molecule has 0 saturated heterocycles. The molecule has 4 aromatic carbocycles. The Morgan fingerprint density at radius 3 is 2.44 bits per heavy atom. The lowest BCUT2D eigenvalue weighted by Gasteiger charge is -2.52.